The monoisotopic (exact) mass is 462 g/mol. The summed E-state index contributed by atoms with van der Waals surface area (Å²) < 4.78 is 16.9. The molecule has 0 aliphatic rings. The number of aromatic nitrogens is 4. The number of ether oxygens (including phenoxy) is 2. The van der Waals surface area contributed by atoms with Crippen LogP contribution in [0.5, 0.6) is 23.1 Å². The van der Waals surface area contributed by atoms with Gasteiger partial charge in [-0.15, -0.1) is 10.2 Å². The van der Waals surface area contributed by atoms with Crippen LogP contribution in [0.2, 0.25) is 0 Å². The minimum Gasteiger partial charge on any atom is -0.506 e. The Kier molecular flexibility index (Phi) is 6.91. The average Bonchev–Trinajstić information content (AvgIpc) is 3.30. The molecule has 3 aromatic heterocycles. The number of rotatable bonds is 9. The minimum absolute atomic E-state index is 0.0382. The van der Waals surface area contributed by atoms with Crippen molar-refractivity contribution in [1.82, 2.24) is 20.2 Å². The van der Waals surface area contributed by atoms with Crippen molar-refractivity contribution in [3.05, 3.63) is 59.9 Å². The minimum atomic E-state index is -0.389. The highest BCUT2D eigenvalue weighted by atomic mass is 16.5. The molecule has 176 valence electrons. The van der Waals surface area contributed by atoms with E-state index in [2.05, 4.69) is 27.1 Å². The maximum Gasteiger partial charge on any atom is 0.257 e. The molecule has 0 aliphatic carbocycles. The molecular weight excluding hydrogens is 436 g/mol. The molecule has 34 heavy (non-hydrogen) atoms. The standard InChI is InChI=1S/C25H26N4O5/c1-4-5-7-16-20(21-17(32-2)8-6-9-18(21)33-3)23(30)22(24(31)27-16)25-29-28-19(34-25)14-15-10-12-26-13-11-15/h6,8-13H,4-5,7,14H2,1-3H3,(H2,27,30,31). The highest BCUT2D eigenvalue weighted by molar-refractivity contribution is 5.88. The number of hydrogen-bond acceptors (Lipinski definition) is 9. The molecule has 4 rings (SSSR count). The van der Waals surface area contributed by atoms with Crippen LogP contribution in [0.3, 0.4) is 0 Å². The van der Waals surface area contributed by atoms with Gasteiger partial charge in [0.05, 0.1) is 37.5 Å². The van der Waals surface area contributed by atoms with Gasteiger partial charge in [-0.1, -0.05) is 19.4 Å². The summed E-state index contributed by atoms with van der Waals surface area (Å²) in [5.74, 6) is 0.653. The van der Waals surface area contributed by atoms with E-state index in [9.17, 15) is 10.2 Å². The van der Waals surface area contributed by atoms with Gasteiger partial charge in [0.25, 0.3) is 5.89 Å². The van der Waals surface area contributed by atoms with E-state index in [4.69, 9.17) is 13.9 Å². The molecule has 0 amide bonds. The van der Waals surface area contributed by atoms with Crippen LogP contribution < -0.4 is 9.47 Å². The van der Waals surface area contributed by atoms with E-state index in [1.165, 1.54) is 0 Å². The molecule has 0 unspecified atom stereocenters. The van der Waals surface area contributed by atoms with Crippen LogP contribution in [0.1, 0.15) is 36.9 Å². The van der Waals surface area contributed by atoms with Crippen molar-refractivity contribution in [2.45, 2.75) is 32.6 Å². The van der Waals surface area contributed by atoms with Crippen LogP contribution in [0.4, 0.5) is 0 Å². The molecule has 1 aromatic carbocycles. The fourth-order valence-electron chi connectivity index (χ4n) is 3.79. The first-order chi connectivity index (χ1) is 16.6. The average molecular weight is 463 g/mol. The third-order valence-electron chi connectivity index (χ3n) is 5.46. The van der Waals surface area contributed by atoms with E-state index >= 15 is 0 Å². The van der Waals surface area contributed by atoms with Crippen molar-refractivity contribution >= 4 is 0 Å². The van der Waals surface area contributed by atoms with E-state index < -0.39 is 0 Å². The summed E-state index contributed by atoms with van der Waals surface area (Å²) in [5.41, 5.74) is 2.33. The van der Waals surface area contributed by atoms with Crippen LogP contribution in [0.25, 0.3) is 22.6 Å². The van der Waals surface area contributed by atoms with E-state index in [0.29, 0.717) is 47.1 Å². The van der Waals surface area contributed by atoms with E-state index in [1.54, 1.807) is 44.8 Å². The second-order valence-electron chi connectivity index (χ2n) is 7.65. The second-order valence-corrected chi connectivity index (χ2v) is 7.65. The number of nitrogens with zero attached hydrogens (tertiary/aromatic N) is 4. The Hall–Kier alpha value is -4.14. The van der Waals surface area contributed by atoms with Crippen molar-refractivity contribution in [3.63, 3.8) is 0 Å². The Morgan fingerprint density at radius 1 is 0.912 bits per heavy atom. The molecule has 2 N–H and O–H groups in total. The third kappa shape index (κ3) is 4.50. The van der Waals surface area contributed by atoms with Crippen molar-refractivity contribution in [1.29, 1.82) is 0 Å². The van der Waals surface area contributed by atoms with Crippen LogP contribution in [0.15, 0.2) is 47.1 Å². The van der Waals surface area contributed by atoms with Gasteiger partial charge >= 0.3 is 0 Å². The summed E-state index contributed by atoms with van der Waals surface area (Å²) >= 11 is 0. The van der Waals surface area contributed by atoms with Gasteiger partial charge in [-0.3, -0.25) is 4.98 Å². The molecule has 0 aliphatic heterocycles. The first kappa shape index (κ1) is 23.0. The molecule has 0 atom stereocenters. The molecule has 0 spiro atoms. The topological polar surface area (TPSA) is 124 Å². The smallest absolute Gasteiger partial charge is 0.257 e. The van der Waals surface area contributed by atoms with Gasteiger partial charge in [-0.2, -0.15) is 0 Å². The van der Waals surface area contributed by atoms with Gasteiger partial charge in [-0.05, 0) is 42.7 Å². The molecular formula is C25H26N4O5. The van der Waals surface area contributed by atoms with Gasteiger partial charge in [0.1, 0.15) is 22.8 Å². The molecule has 0 bridgehead atoms. The first-order valence-corrected chi connectivity index (χ1v) is 10.9. The molecule has 0 saturated heterocycles. The van der Waals surface area contributed by atoms with Gasteiger partial charge in [-0.25, -0.2) is 4.98 Å². The zero-order valence-corrected chi connectivity index (χ0v) is 19.3. The molecule has 4 aromatic rings. The lowest BCUT2D eigenvalue weighted by Crippen LogP contribution is -2.01. The highest BCUT2D eigenvalue weighted by Gasteiger charge is 2.28. The lowest BCUT2D eigenvalue weighted by molar-refractivity contribution is 0.395. The van der Waals surface area contributed by atoms with Crippen LogP contribution in [-0.4, -0.2) is 44.6 Å². The van der Waals surface area contributed by atoms with E-state index in [0.717, 1.165) is 18.4 Å². The fourth-order valence-corrected chi connectivity index (χ4v) is 3.79. The number of aromatic hydroxyl groups is 2. The molecule has 3 heterocycles. The van der Waals surface area contributed by atoms with Gasteiger partial charge in [0.15, 0.2) is 0 Å². The van der Waals surface area contributed by atoms with Crippen molar-refractivity contribution in [2.24, 2.45) is 0 Å². The Morgan fingerprint density at radius 3 is 2.26 bits per heavy atom. The summed E-state index contributed by atoms with van der Waals surface area (Å²) in [6.45, 7) is 2.06. The van der Waals surface area contributed by atoms with Crippen molar-refractivity contribution < 1.29 is 24.1 Å². The Labute approximate surface area is 197 Å². The molecule has 0 saturated carbocycles. The third-order valence-corrected chi connectivity index (χ3v) is 5.46. The number of benzene rings is 1. The predicted octanol–water partition coefficient (Wildman–Crippen LogP) is 4.56. The molecule has 9 nitrogen and oxygen atoms in total. The molecule has 9 heteroatoms. The summed E-state index contributed by atoms with van der Waals surface area (Å²) in [6, 6.07) is 9.02. The largest absolute Gasteiger partial charge is 0.506 e. The normalized spacial score (nSPS) is 10.9. The summed E-state index contributed by atoms with van der Waals surface area (Å²) in [4.78, 5) is 8.41. The zero-order chi connectivity index (χ0) is 24.1. The predicted molar refractivity (Wildman–Crippen MR) is 125 cm³/mol. The Morgan fingerprint density at radius 2 is 1.62 bits per heavy atom. The fraction of sp³-hybridized carbons (Fsp3) is 0.280. The maximum absolute atomic E-state index is 11.4. The zero-order valence-electron chi connectivity index (χ0n) is 19.3. The highest BCUT2D eigenvalue weighted by Crippen LogP contribution is 2.49. The van der Waals surface area contributed by atoms with Crippen LogP contribution >= 0.6 is 0 Å². The quantitative estimate of drug-likeness (QED) is 0.368. The van der Waals surface area contributed by atoms with Crippen molar-refractivity contribution in [2.75, 3.05) is 14.2 Å². The Balaban J connectivity index is 1.87. The van der Waals surface area contributed by atoms with Gasteiger partial charge < -0.3 is 24.1 Å². The summed E-state index contributed by atoms with van der Waals surface area (Å²) in [7, 11) is 3.08. The second kappa shape index (κ2) is 10.2. The molecule has 0 radical (unpaired) electrons. The van der Waals surface area contributed by atoms with E-state index in [-0.39, 0.29) is 23.1 Å². The lowest BCUT2D eigenvalue weighted by atomic mass is 9.95. The van der Waals surface area contributed by atoms with Gasteiger partial charge in [0, 0.05) is 12.4 Å². The number of aryl methyl sites for hydroxylation is 1. The number of pyridine rings is 2. The maximum atomic E-state index is 11.4. The van der Waals surface area contributed by atoms with Crippen LogP contribution in [0, 0.1) is 0 Å². The SMILES string of the molecule is CCCCc1nc(O)c(-c2nnc(Cc3ccncc3)o2)c(O)c1-c1c(OC)cccc1OC. The number of hydrogen-bond donors (Lipinski definition) is 2. The molecule has 0 fully saturated rings. The number of methoxy groups -OCH3 is 2. The summed E-state index contributed by atoms with van der Waals surface area (Å²) in [6.07, 6.45) is 5.99. The van der Waals surface area contributed by atoms with Crippen LogP contribution in [-0.2, 0) is 12.8 Å². The van der Waals surface area contributed by atoms with Gasteiger partial charge in [0.2, 0.25) is 11.8 Å². The number of unbranched alkanes of at least 4 members (excludes halogenated alkanes) is 1. The first-order valence-electron chi connectivity index (χ1n) is 10.9. The lowest BCUT2D eigenvalue weighted by Gasteiger charge is -2.18. The summed E-state index contributed by atoms with van der Waals surface area (Å²) in [5, 5.41) is 30.4. The Bertz CT molecular complexity index is 1250. The van der Waals surface area contributed by atoms with Crippen molar-refractivity contribution in [3.8, 4) is 45.7 Å². The van der Waals surface area contributed by atoms with E-state index in [1.807, 2.05) is 12.1 Å².